The number of ether oxygens (including phenoxy) is 3. The monoisotopic (exact) mass is 410 g/mol. The van der Waals surface area contributed by atoms with Gasteiger partial charge in [0.05, 0.1) is 26.4 Å². The van der Waals surface area contributed by atoms with Gasteiger partial charge in [0.15, 0.2) is 6.61 Å². The molecule has 6 heteroatoms. The van der Waals surface area contributed by atoms with Crippen LogP contribution in [0.5, 0.6) is 11.5 Å². The number of rotatable bonds is 8. The van der Waals surface area contributed by atoms with Crippen molar-refractivity contribution >= 4 is 5.91 Å². The minimum atomic E-state index is -0.109. The van der Waals surface area contributed by atoms with Crippen molar-refractivity contribution < 1.29 is 19.0 Å². The topological polar surface area (TPSA) is 60.0 Å². The van der Waals surface area contributed by atoms with E-state index >= 15 is 0 Å². The van der Waals surface area contributed by atoms with Crippen molar-refractivity contribution in [3.63, 3.8) is 0 Å². The molecular weight excluding hydrogens is 380 g/mol. The lowest BCUT2D eigenvalue weighted by Crippen LogP contribution is -2.44. The Morgan fingerprint density at radius 2 is 1.80 bits per heavy atom. The van der Waals surface area contributed by atoms with Gasteiger partial charge in [-0.25, -0.2) is 0 Å². The van der Waals surface area contributed by atoms with E-state index in [-0.39, 0.29) is 18.6 Å². The summed E-state index contributed by atoms with van der Waals surface area (Å²) >= 11 is 0. The average molecular weight is 411 g/mol. The molecule has 2 aliphatic rings. The van der Waals surface area contributed by atoms with Crippen LogP contribution >= 0.6 is 0 Å². The van der Waals surface area contributed by atoms with Gasteiger partial charge in [0.1, 0.15) is 11.5 Å². The van der Waals surface area contributed by atoms with Crippen LogP contribution in [0.25, 0.3) is 0 Å². The molecular formula is C24H30N2O4. The number of hydrogen-bond acceptors (Lipinski definition) is 5. The van der Waals surface area contributed by atoms with Crippen LogP contribution < -0.4 is 14.8 Å². The third kappa shape index (κ3) is 5.12. The van der Waals surface area contributed by atoms with E-state index in [2.05, 4.69) is 34.5 Å². The highest BCUT2D eigenvalue weighted by atomic mass is 16.5. The van der Waals surface area contributed by atoms with Gasteiger partial charge in [-0.05, 0) is 60.2 Å². The fourth-order valence-electron chi connectivity index (χ4n) is 4.22. The van der Waals surface area contributed by atoms with Crippen molar-refractivity contribution in [2.45, 2.75) is 25.3 Å². The second-order valence-electron chi connectivity index (χ2n) is 7.81. The zero-order valence-corrected chi connectivity index (χ0v) is 17.6. The molecule has 0 radical (unpaired) electrons. The van der Waals surface area contributed by atoms with Crippen LogP contribution in [-0.4, -0.2) is 57.4 Å². The first kappa shape index (κ1) is 20.7. The molecule has 0 aromatic heterocycles. The van der Waals surface area contributed by atoms with E-state index < -0.39 is 0 Å². The molecule has 6 nitrogen and oxygen atoms in total. The highest BCUT2D eigenvalue weighted by Gasteiger charge is 2.23. The van der Waals surface area contributed by atoms with Gasteiger partial charge >= 0.3 is 0 Å². The Bertz CT molecular complexity index is 847. The first-order chi connectivity index (χ1) is 14.7. The van der Waals surface area contributed by atoms with E-state index in [0.717, 1.165) is 43.0 Å². The normalized spacial score (nSPS) is 17.2. The third-order valence-electron chi connectivity index (χ3n) is 5.92. The molecule has 1 aliphatic heterocycles. The quantitative estimate of drug-likeness (QED) is 0.725. The molecule has 1 fully saturated rings. The molecule has 4 rings (SSSR count). The van der Waals surface area contributed by atoms with Crippen molar-refractivity contribution in [2.75, 3.05) is 46.6 Å². The van der Waals surface area contributed by atoms with Crippen LogP contribution in [0.15, 0.2) is 42.5 Å². The third-order valence-corrected chi connectivity index (χ3v) is 5.92. The number of methoxy groups -OCH3 is 1. The second kappa shape index (κ2) is 9.96. The fourth-order valence-corrected chi connectivity index (χ4v) is 4.22. The van der Waals surface area contributed by atoms with Crippen molar-refractivity contribution in [3.05, 3.63) is 59.2 Å². The zero-order valence-electron chi connectivity index (χ0n) is 17.6. The summed E-state index contributed by atoms with van der Waals surface area (Å²) < 4.78 is 16.5. The summed E-state index contributed by atoms with van der Waals surface area (Å²) in [7, 11) is 1.66. The van der Waals surface area contributed by atoms with E-state index in [1.807, 2.05) is 18.2 Å². The molecule has 160 valence electrons. The van der Waals surface area contributed by atoms with Crippen LogP contribution in [0.2, 0.25) is 0 Å². The average Bonchev–Trinajstić information content (AvgIpc) is 3.27. The molecule has 1 unspecified atom stereocenters. The lowest BCUT2D eigenvalue weighted by atomic mass is 10.0. The summed E-state index contributed by atoms with van der Waals surface area (Å²) in [6.07, 6.45) is 3.44. The number of benzene rings is 2. The lowest BCUT2D eigenvalue weighted by Gasteiger charge is -2.35. The Morgan fingerprint density at radius 1 is 1.07 bits per heavy atom. The van der Waals surface area contributed by atoms with Gasteiger partial charge in [0.25, 0.3) is 5.91 Å². The summed E-state index contributed by atoms with van der Waals surface area (Å²) in [5.41, 5.74) is 3.90. The molecule has 0 spiro atoms. The second-order valence-corrected chi connectivity index (χ2v) is 7.81. The van der Waals surface area contributed by atoms with Gasteiger partial charge in [-0.3, -0.25) is 9.69 Å². The maximum atomic E-state index is 12.5. The molecule has 0 bridgehead atoms. The molecule has 2 aromatic carbocycles. The van der Waals surface area contributed by atoms with E-state index in [4.69, 9.17) is 14.2 Å². The van der Waals surface area contributed by atoms with Crippen molar-refractivity contribution in [1.82, 2.24) is 10.2 Å². The Kier molecular flexibility index (Phi) is 6.87. The summed E-state index contributed by atoms with van der Waals surface area (Å²) in [4.78, 5) is 14.8. The predicted octanol–water partition coefficient (Wildman–Crippen LogP) is 2.75. The Labute approximate surface area is 178 Å². The molecule has 1 atom stereocenters. The standard InChI is InChI=1S/C24H30N2O4/c1-28-21-8-6-19(7-9-21)23(26-11-13-29-14-12-26)16-25-24(27)17-30-22-10-5-18-3-2-4-20(18)15-22/h5-10,15,23H,2-4,11-14,16-17H2,1H3,(H,25,27). The van der Waals surface area contributed by atoms with Gasteiger partial charge in [-0.2, -0.15) is 0 Å². The summed E-state index contributed by atoms with van der Waals surface area (Å²) in [6, 6.07) is 14.3. The summed E-state index contributed by atoms with van der Waals surface area (Å²) in [5, 5.41) is 3.05. The van der Waals surface area contributed by atoms with Crippen LogP contribution in [-0.2, 0) is 22.4 Å². The predicted molar refractivity (Wildman–Crippen MR) is 115 cm³/mol. The van der Waals surface area contributed by atoms with Gasteiger partial charge in [-0.15, -0.1) is 0 Å². The fraction of sp³-hybridized carbons (Fsp3) is 0.458. The van der Waals surface area contributed by atoms with Gasteiger partial charge in [0.2, 0.25) is 0 Å². The Balaban J connectivity index is 1.34. The lowest BCUT2D eigenvalue weighted by molar-refractivity contribution is -0.123. The van der Waals surface area contributed by atoms with Crippen LogP contribution in [0, 0.1) is 0 Å². The minimum absolute atomic E-state index is 0.0250. The molecule has 1 amide bonds. The number of fused-ring (bicyclic) bond motifs is 1. The molecule has 0 saturated carbocycles. The van der Waals surface area contributed by atoms with Gasteiger partial charge in [-0.1, -0.05) is 18.2 Å². The number of amides is 1. The Morgan fingerprint density at radius 3 is 2.57 bits per heavy atom. The van der Waals surface area contributed by atoms with Crippen LogP contribution in [0.3, 0.4) is 0 Å². The number of nitrogens with one attached hydrogen (secondary N) is 1. The number of carbonyl (C=O) groups is 1. The Hall–Kier alpha value is -2.57. The summed E-state index contributed by atoms with van der Waals surface area (Å²) in [5.74, 6) is 1.49. The van der Waals surface area contributed by atoms with Crippen molar-refractivity contribution in [1.29, 1.82) is 0 Å². The van der Waals surface area contributed by atoms with E-state index in [0.29, 0.717) is 19.8 Å². The molecule has 2 aromatic rings. The minimum Gasteiger partial charge on any atom is -0.497 e. The SMILES string of the molecule is COc1ccc(C(CNC(=O)COc2ccc3c(c2)CCC3)N2CCOCC2)cc1. The molecule has 30 heavy (non-hydrogen) atoms. The van der Waals surface area contributed by atoms with Crippen molar-refractivity contribution in [3.8, 4) is 11.5 Å². The van der Waals surface area contributed by atoms with Crippen LogP contribution in [0.1, 0.15) is 29.2 Å². The molecule has 1 N–H and O–H groups in total. The van der Waals surface area contributed by atoms with Crippen molar-refractivity contribution in [2.24, 2.45) is 0 Å². The largest absolute Gasteiger partial charge is 0.497 e. The number of carbonyl (C=O) groups excluding carboxylic acids is 1. The maximum absolute atomic E-state index is 12.5. The number of morpholine rings is 1. The van der Waals surface area contributed by atoms with E-state index in [9.17, 15) is 4.79 Å². The van der Waals surface area contributed by atoms with Crippen LogP contribution in [0.4, 0.5) is 0 Å². The number of nitrogens with zero attached hydrogens (tertiary/aromatic N) is 1. The highest BCUT2D eigenvalue weighted by Crippen LogP contribution is 2.26. The molecule has 1 heterocycles. The van der Waals surface area contributed by atoms with Gasteiger partial charge in [0, 0.05) is 19.6 Å². The molecule has 1 aliphatic carbocycles. The summed E-state index contributed by atoms with van der Waals surface area (Å²) in [6.45, 7) is 3.66. The maximum Gasteiger partial charge on any atom is 0.258 e. The first-order valence-electron chi connectivity index (χ1n) is 10.7. The number of hydrogen-bond donors (Lipinski definition) is 1. The molecule has 1 saturated heterocycles. The van der Waals surface area contributed by atoms with E-state index in [1.54, 1.807) is 7.11 Å². The number of aryl methyl sites for hydroxylation is 2. The van der Waals surface area contributed by atoms with Gasteiger partial charge < -0.3 is 19.5 Å². The highest BCUT2D eigenvalue weighted by molar-refractivity contribution is 5.77. The zero-order chi connectivity index (χ0) is 20.8. The first-order valence-corrected chi connectivity index (χ1v) is 10.7. The van der Waals surface area contributed by atoms with E-state index in [1.165, 1.54) is 17.5 Å². The smallest absolute Gasteiger partial charge is 0.258 e.